The van der Waals surface area contributed by atoms with E-state index in [-0.39, 0.29) is 68.7 Å². The molecule has 14 heteroatoms. The number of rotatable bonds is 26. The van der Waals surface area contributed by atoms with E-state index in [2.05, 4.69) is 28.8 Å². The predicted molar refractivity (Wildman–Crippen MR) is 226 cm³/mol. The Labute approximate surface area is 352 Å². The van der Waals surface area contributed by atoms with E-state index < -0.39 is 30.3 Å². The monoisotopic (exact) mass is 829 g/mol. The van der Waals surface area contributed by atoms with Crippen molar-refractivity contribution in [2.75, 3.05) is 13.2 Å². The van der Waals surface area contributed by atoms with Crippen LogP contribution in [0.25, 0.3) is 34.2 Å². The van der Waals surface area contributed by atoms with E-state index in [9.17, 15) is 29.7 Å². The first kappa shape index (κ1) is 46.8. The Morgan fingerprint density at radius 1 is 0.533 bits per heavy atom. The highest BCUT2D eigenvalue weighted by molar-refractivity contribution is 5.77. The molecule has 60 heavy (non-hydrogen) atoms. The molecule has 14 nitrogen and oxygen atoms in total. The number of ether oxygens (including phenoxy) is 5. The molecule has 0 fully saturated rings. The second-order valence-electron chi connectivity index (χ2n) is 14.7. The number of nitrogens with zero attached hydrogens (tertiary/aromatic N) is 3. The third-order valence-electron chi connectivity index (χ3n) is 9.55. The van der Waals surface area contributed by atoms with E-state index in [4.69, 9.17) is 23.7 Å². The lowest BCUT2D eigenvalue weighted by Crippen LogP contribution is -2.26. The maximum atomic E-state index is 12.6. The van der Waals surface area contributed by atoms with Gasteiger partial charge in [0.25, 0.3) is 0 Å². The fourth-order valence-corrected chi connectivity index (χ4v) is 6.15. The summed E-state index contributed by atoms with van der Waals surface area (Å²) in [4.78, 5) is 50.0. The van der Waals surface area contributed by atoms with Crippen molar-refractivity contribution in [1.82, 2.24) is 15.0 Å². The van der Waals surface area contributed by atoms with Crippen LogP contribution in [0.3, 0.4) is 0 Å². The Hall–Kier alpha value is -5.92. The molecule has 4 rings (SSSR count). The van der Waals surface area contributed by atoms with Crippen LogP contribution in [0, 0.1) is 0 Å². The molecular formula is C46H59N3O11. The minimum atomic E-state index is -0.941. The first-order chi connectivity index (χ1) is 28.9. The van der Waals surface area contributed by atoms with Gasteiger partial charge in [-0.05, 0) is 70.0 Å². The van der Waals surface area contributed by atoms with E-state index in [1.165, 1.54) is 67.4 Å². The zero-order valence-corrected chi connectivity index (χ0v) is 35.4. The van der Waals surface area contributed by atoms with Crippen molar-refractivity contribution in [3.8, 4) is 68.7 Å². The minimum Gasteiger partial charge on any atom is -0.507 e. The topological polar surface area (TPSA) is 197 Å². The lowest BCUT2D eigenvalue weighted by atomic mass is 10.1. The van der Waals surface area contributed by atoms with Crippen molar-refractivity contribution in [2.24, 2.45) is 0 Å². The first-order valence-corrected chi connectivity index (χ1v) is 21.0. The molecule has 3 aromatic carbocycles. The quantitative estimate of drug-likeness (QED) is 0.0307. The molecular weight excluding hydrogens is 771 g/mol. The van der Waals surface area contributed by atoms with Gasteiger partial charge in [-0.3, -0.25) is 4.79 Å². The molecule has 0 aliphatic heterocycles. The van der Waals surface area contributed by atoms with Gasteiger partial charge in [0.2, 0.25) is 0 Å². The zero-order chi connectivity index (χ0) is 43.4. The summed E-state index contributed by atoms with van der Waals surface area (Å²) in [7, 11) is 0. The first-order valence-electron chi connectivity index (χ1n) is 21.0. The van der Waals surface area contributed by atoms with Crippen LogP contribution < -0.4 is 14.2 Å². The van der Waals surface area contributed by atoms with Crippen LogP contribution in [-0.2, 0) is 23.9 Å². The summed E-state index contributed by atoms with van der Waals surface area (Å²) >= 11 is 0. The number of aldehydes is 1. The van der Waals surface area contributed by atoms with Crippen molar-refractivity contribution < 1.29 is 53.4 Å². The number of carbonyl (C=O) groups excluding carboxylic acids is 3. The molecule has 1 aromatic heterocycles. The van der Waals surface area contributed by atoms with Gasteiger partial charge in [0, 0.05) is 18.2 Å². The van der Waals surface area contributed by atoms with Crippen LogP contribution in [0.2, 0.25) is 0 Å². The zero-order valence-electron chi connectivity index (χ0n) is 35.4. The average molecular weight is 830 g/mol. The van der Waals surface area contributed by atoms with Crippen LogP contribution in [0.4, 0.5) is 0 Å². The summed E-state index contributed by atoms with van der Waals surface area (Å²) in [6, 6.07) is 13.1. The van der Waals surface area contributed by atoms with E-state index in [0.717, 1.165) is 64.2 Å². The molecule has 324 valence electrons. The van der Waals surface area contributed by atoms with Gasteiger partial charge in [-0.2, -0.15) is 0 Å². The highest BCUT2D eigenvalue weighted by atomic mass is 16.6. The van der Waals surface area contributed by atoms with Crippen molar-refractivity contribution in [2.45, 2.75) is 130 Å². The van der Waals surface area contributed by atoms with Crippen LogP contribution >= 0.6 is 0 Å². The second-order valence-corrected chi connectivity index (χ2v) is 14.7. The largest absolute Gasteiger partial charge is 0.507 e. The predicted octanol–water partition coefficient (Wildman–Crippen LogP) is 9.30. The van der Waals surface area contributed by atoms with Crippen molar-refractivity contribution in [3.05, 3.63) is 54.6 Å². The lowest BCUT2D eigenvalue weighted by Gasteiger charge is -2.16. The lowest BCUT2D eigenvalue weighted by molar-refractivity contribution is -0.152. The third-order valence-corrected chi connectivity index (χ3v) is 9.55. The molecule has 4 aromatic rings. The number of aromatic nitrogens is 3. The van der Waals surface area contributed by atoms with Crippen LogP contribution in [0.5, 0.6) is 34.5 Å². The SMILES string of the molecule is CCCCCCCCOC(=O)C(C)Oc1ccc(-c2nc(-c3ccc(OC(C)C=O)cc3O)nc(-c3ccc(OC(C)C(=O)OCCCCCCCC)cc3O)n2)c(O)c1. The van der Waals surface area contributed by atoms with Gasteiger partial charge in [0.05, 0.1) is 29.9 Å². The molecule has 0 amide bonds. The van der Waals surface area contributed by atoms with Crippen LogP contribution in [-0.4, -0.2) is 80.0 Å². The van der Waals surface area contributed by atoms with Gasteiger partial charge in [-0.15, -0.1) is 0 Å². The van der Waals surface area contributed by atoms with Crippen molar-refractivity contribution >= 4 is 18.2 Å². The average Bonchev–Trinajstić information content (AvgIpc) is 3.22. The number of hydrogen-bond acceptors (Lipinski definition) is 14. The number of hydrogen-bond donors (Lipinski definition) is 3. The molecule has 3 N–H and O–H groups in total. The Morgan fingerprint density at radius 3 is 1.20 bits per heavy atom. The minimum absolute atomic E-state index is 0.0228. The standard InChI is InChI=1S/C46H59N3O11/c1-6-8-10-12-14-16-24-56-45(54)31(4)59-34-19-22-37(40(52)27-34)43-47-42(36-21-18-33(26-39(36)51)58-30(3)29-50)48-44(49-43)38-23-20-35(28-41(38)53)60-32(5)46(55)57-25-17-15-13-11-9-7-2/h18-23,26-32,51-53H,6-17,24-25H2,1-5H3. The summed E-state index contributed by atoms with van der Waals surface area (Å²) in [6.45, 7) is 9.60. The second kappa shape index (κ2) is 24.2. The van der Waals surface area contributed by atoms with E-state index in [1.54, 1.807) is 20.8 Å². The molecule has 0 bridgehead atoms. The number of aromatic hydroxyl groups is 3. The van der Waals surface area contributed by atoms with Crippen LogP contribution in [0.1, 0.15) is 112 Å². The number of phenolic OH excluding ortho intramolecular Hbond substituents is 3. The molecule has 0 radical (unpaired) electrons. The van der Waals surface area contributed by atoms with Gasteiger partial charge >= 0.3 is 11.9 Å². The number of benzene rings is 3. The molecule has 3 unspecified atom stereocenters. The van der Waals surface area contributed by atoms with Gasteiger partial charge in [0.15, 0.2) is 42.1 Å². The highest BCUT2D eigenvalue weighted by Crippen LogP contribution is 2.38. The van der Waals surface area contributed by atoms with Gasteiger partial charge in [-0.1, -0.05) is 78.1 Å². The van der Waals surface area contributed by atoms with Crippen molar-refractivity contribution in [1.29, 1.82) is 0 Å². The summed E-state index contributed by atoms with van der Waals surface area (Å²) in [6.07, 6.45) is 10.7. The normalized spacial score (nSPS) is 12.6. The number of esters is 2. The molecule has 0 aliphatic rings. The van der Waals surface area contributed by atoms with Gasteiger partial charge in [-0.25, -0.2) is 24.5 Å². The molecule has 1 heterocycles. The van der Waals surface area contributed by atoms with Crippen LogP contribution in [0.15, 0.2) is 54.6 Å². The molecule has 3 atom stereocenters. The fraction of sp³-hybridized carbons (Fsp3) is 0.478. The van der Waals surface area contributed by atoms with Gasteiger partial charge in [0.1, 0.15) is 34.5 Å². The maximum absolute atomic E-state index is 12.6. The molecule has 0 spiro atoms. The number of unbranched alkanes of at least 4 members (excludes halogenated alkanes) is 10. The smallest absolute Gasteiger partial charge is 0.347 e. The summed E-state index contributed by atoms with van der Waals surface area (Å²) < 4.78 is 27.9. The molecule has 0 saturated carbocycles. The van der Waals surface area contributed by atoms with E-state index in [0.29, 0.717) is 19.5 Å². The van der Waals surface area contributed by atoms with Crippen molar-refractivity contribution in [3.63, 3.8) is 0 Å². The third kappa shape index (κ3) is 14.4. The Kier molecular flexibility index (Phi) is 18.9. The maximum Gasteiger partial charge on any atom is 0.347 e. The Bertz CT molecular complexity index is 1900. The fourth-order valence-electron chi connectivity index (χ4n) is 6.15. The van der Waals surface area contributed by atoms with E-state index in [1.807, 2.05) is 0 Å². The summed E-state index contributed by atoms with van der Waals surface area (Å²) in [5.74, 6) is -1.35. The number of phenols is 3. The van der Waals surface area contributed by atoms with E-state index >= 15 is 0 Å². The van der Waals surface area contributed by atoms with Gasteiger partial charge < -0.3 is 39.0 Å². The summed E-state index contributed by atoms with van der Waals surface area (Å²) in [5, 5.41) is 33.5. The molecule has 0 saturated heterocycles. The Balaban J connectivity index is 1.56. The summed E-state index contributed by atoms with van der Waals surface area (Å²) in [5.41, 5.74) is 0.460. The molecule has 0 aliphatic carbocycles. The highest BCUT2D eigenvalue weighted by Gasteiger charge is 2.22. The Morgan fingerprint density at radius 2 is 0.867 bits per heavy atom. The number of carbonyl (C=O) groups is 3.